The molecule has 5 nitrogen and oxygen atoms in total. The molecule has 2 amide bonds. The quantitative estimate of drug-likeness (QED) is 0.926. The van der Waals surface area contributed by atoms with Crippen molar-refractivity contribution in [3.8, 4) is 0 Å². The smallest absolute Gasteiger partial charge is 0.250 e. The van der Waals surface area contributed by atoms with Gasteiger partial charge in [-0.2, -0.15) is 4.99 Å². The summed E-state index contributed by atoms with van der Waals surface area (Å²) in [7, 11) is 0. The summed E-state index contributed by atoms with van der Waals surface area (Å²) >= 11 is 0. The van der Waals surface area contributed by atoms with Crippen molar-refractivity contribution in [2.75, 3.05) is 0 Å². The fourth-order valence-electron chi connectivity index (χ4n) is 2.87. The van der Waals surface area contributed by atoms with Crippen molar-refractivity contribution in [3.05, 3.63) is 59.6 Å². The summed E-state index contributed by atoms with van der Waals surface area (Å²) in [5.74, 6) is -0.410. The van der Waals surface area contributed by atoms with Gasteiger partial charge in [0.15, 0.2) is 0 Å². The number of halogens is 1. The van der Waals surface area contributed by atoms with E-state index in [0.29, 0.717) is 11.4 Å². The Labute approximate surface area is 139 Å². The van der Waals surface area contributed by atoms with E-state index in [1.54, 1.807) is 55.3 Å². The number of fused-ring (bicyclic) bond motifs is 1. The molecule has 0 fully saturated rings. The van der Waals surface area contributed by atoms with Crippen LogP contribution in [0, 0.1) is 12.7 Å². The molecule has 1 aromatic rings. The standard InChI is InChI=1S/C18H18FN3O2/c1-12-9-13(6-7-14(12)19)11-20-17(24)18(2)10-16(23)21-15-5-3-4-8-22(15)18/h3-9H,10-11H2,1-2H3,(H,20,24)/t18-/m1/s1. The molecule has 2 heterocycles. The third-order valence-electron chi connectivity index (χ3n) is 4.27. The number of amides is 2. The lowest BCUT2D eigenvalue weighted by atomic mass is 9.91. The first-order chi connectivity index (χ1) is 11.4. The van der Waals surface area contributed by atoms with Crippen LogP contribution in [0.2, 0.25) is 0 Å². The second kappa shape index (κ2) is 6.03. The number of hydrogen-bond acceptors (Lipinski definition) is 3. The van der Waals surface area contributed by atoms with E-state index in [-0.39, 0.29) is 30.6 Å². The van der Waals surface area contributed by atoms with Crippen LogP contribution in [0.4, 0.5) is 4.39 Å². The molecular weight excluding hydrogens is 309 g/mol. The number of benzene rings is 1. The average Bonchev–Trinajstić information content (AvgIpc) is 2.55. The van der Waals surface area contributed by atoms with E-state index in [1.165, 1.54) is 6.07 Å². The predicted molar refractivity (Wildman–Crippen MR) is 88.6 cm³/mol. The molecular formula is C18H18FN3O2. The van der Waals surface area contributed by atoms with Crippen molar-refractivity contribution in [2.24, 2.45) is 4.99 Å². The Kier molecular flexibility index (Phi) is 4.05. The van der Waals surface area contributed by atoms with Crippen LogP contribution in [0.15, 0.2) is 47.6 Å². The molecule has 0 aliphatic carbocycles. The molecule has 0 saturated heterocycles. The molecule has 6 heteroatoms. The van der Waals surface area contributed by atoms with Gasteiger partial charge >= 0.3 is 0 Å². The van der Waals surface area contributed by atoms with E-state index in [2.05, 4.69) is 10.3 Å². The minimum Gasteiger partial charge on any atom is -0.350 e. The number of amidine groups is 1. The number of aliphatic imine (C=N–C) groups is 1. The molecule has 2 aliphatic heterocycles. The third-order valence-corrected chi connectivity index (χ3v) is 4.27. The minimum absolute atomic E-state index is 0.00294. The SMILES string of the molecule is Cc1cc(CNC(=O)[C@@]2(C)CC(=O)N=C3C=CC=CN32)ccc1F. The van der Waals surface area contributed by atoms with E-state index < -0.39 is 5.54 Å². The van der Waals surface area contributed by atoms with Gasteiger partial charge < -0.3 is 10.2 Å². The van der Waals surface area contributed by atoms with E-state index in [9.17, 15) is 14.0 Å². The molecule has 124 valence electrons. The maximum Gasteiger partial charge on any atom is 0.250 e. The molecule has 0 unspecified atom stereocenters. The van der Waals surface area contributed by atoms with E-state index in [1.807, 2.05) is 0 Å². The molecule has 1 aromatic carbocycles. The summed E-state index contributed by atoms with van der Waals surface area (Å²) in [6, 6.07) is 4.71. The topological polar surface area (TPSA) is 61.8 Å². The zero-order chi connectivity index (χ0) is 17.3. The monoisotopic (exact) mass is 327 g/mol. The number of hydrogen-bond donors (Lipinski definition) is 1. The lowest BCUT2D eigenvalue weighted by Gasteiger charge is -2.41. The largest absolute Gasteiger partial charge is 0.350 e. The normalized spacial score (nSPS) is 22.2. The molecule has 0 saturated carbocycles. The second-order valence-corrected chi connectivity index (χ2v) is 6.15. The summed E-state index contributed by atoms with van der Waals surface area (Å²) in [5.41, 5.74) is 0.292. The van der Waals surface area contributed by atoms with Gasteiger partial charge in [0.2, 0.25) is 5.91 Å². The number of carbonyl (C=O) groups is 2. The molecule has 0 bridgehead atoms. The van der Waals surface area contributed by atoms with Gasteiger partial charge in [0.05, 0.1) is 6.42 Å². The lowest BCUT2D eigenvalue weighted by Crippen LogP contribution is -2.59. The van der Waals surface area contributed by atoms with Crippen LogP contribution in [0.5, 0.6) is 0 Å². The fraction of sp³-hybridized carbons (Fsp3) is 0.278. The lowest BCUT2D eigenvalue weighted by molar-refractivity contribution is -0.134. The molecule has 0 radical (unpaired) electrons. The summed E-state index contributed by atoms with van der Waals surface area (Å²) in [4.78, 5) is 30.3. The molecule has 0 spiro atoms. The molecule has 3 rings (SSSR count). The zero-order valence-corrected chi connectivity index (χ0v) is 13.5. The van der Waals surface area contributed by atoms with Gasteiger partial charge in [-0.05, 0) is 43.2 Å². The number of aryl methyl sites for hydroxylation is 1. The summed E-state index contributed by atoms with van der Waals surface area (Å²) in [5, 5.41) is 2.84. The maximum atomic E-state index is 13.3. The Morgan fingerprint density at radius 1 is 1.42 bits per heavy atom. The van der Waals surface area contributed by atoms with E-state index in [0.717, 1.165) is 5.56 Å². The third kappa shape index (κ3) is 2.87. The number of carbonyl (C=O) groups excluding carboxylic acids is 2. The van der Waals surface area contributed by atoms with Crippen LogP contribution in [0.25, 0.3) is 0 Å². The van der Waals surface area contributed by atoms with Crippen molar-refractivity contribution < 1.29 is 14.0 Å². The van der Waals surface area contributed by atoms with Gasteiger partial charge in [0.1, 0.15) is 17.2 Å². The number of nitrogens with zero attached hydrogens (tertiary/aromatic N) is 2. The van der Waals surface area contributed by atoms with Crippen LogP contribution < -0.4 is 5.32 Å². The van der Waals surface area contributed by atoms with Crippen molar-refractivity contribution in [2.45, 2.75) is 32.4 Å². The van der Waals surface area contributed by atoms with E-state index in [4.69, 9.17) is 0 Å². The van der Waals surface area contributed by atoms with Crippen LogP contribution >= 0.6 is 0 Å². The second-order valence-electron chi connectivity index (χ2n) is 6.15. The number of rotatable bonds is 3. The number of nitrogens with one attached hydrogen (secondary N) is 1. The van der Waals surface area contributed by atoms with Gasteiger partial charge in [0, 0.05) is 12.7 Å². The van der Waals surface area contributed by atoms with Gasteiger partial charge in [-0.3, -0.25) is 9.59 Å². The Morgan fingerprint density at radius 3 is 2.96 bits per heavy atom. The molecule has 24 heavy (non-hydrogen) atoms. The Morgan fingerprint density at radius 2 is 2.21 bits per heavy atom. The van der Waals surface area contributed by atoms with Gasteiger partial charge in [0.25, 0.3) is 5.91 Å². The summed E-state index contributed by atoms with van der Waals surface area (Å²) in [6.45, 7) is 3.66. The summed E-state index contributed by atoms with van der Waals surface area (Å²) in [6.07, 6.45) is 7.01. The highest BCUT2D eigenvalue weighted by Gasteiger charge is 2.44. The first kappa shape index (κ1) is 16.1. The Bertz CT molecular complexity index is 797. The van der Waals surface area contributed by atoms with Gasteiger partial charge in [-0.1, -0.05) is 18.2 Å². The molecule has 1 N–H and O–H groups in total. The predicted octanol–water partition coefficient (Wildman–Crippen LogP) is 2.22. The maximum absolute atomic E-state index is 13.3. The van der Waals surface area contributed by atoms with Crippen molar-refractivity contribution in [1.29, 1.82) is 0 Å². The fourth-order valence-corrected chi connectivity index (χ4v) is 2.87. The van der Waals surface area contributed by atoms with Crippen molar-refractivity contribution in [3.63, 3.8) is 0 Å². The average molecular weight is 327 g/mol. The van der Waals surface area contributed by atoms with Crippen LogP contribution in [-0.2, 0) is 16.1 Å². The van der Waals surface area contributed by atoms with Crippen molar-refractivity contribution >= 4 is 17.6 Å². The molecule has 2 aliphatic rings. The zero-order valence-electron chi connectivity index (χ0n) is 13.5. The molecule has 1 atom stereocenters. The number of allylic oxidation sites excluding steroid dienone is 2. The molecule has 0 aromatic heterocycles. The summed E-state index contributed by atoms with van der Waals surface area (Å²) < 4.78 is 13.3. The van der Waals surface area contributed by atoms with Gasteiger partial charge in [-0.15, -0.1) is 0 Å². The van der Waals surface area contributed by atoms with Gasteiger partial charge in [-0.25, -0.2) is 4.39 Å². The highest BCUT2D eigenvalue weighted by molar-refractivity contribution is 6.09. The highest BCUT2D eigenvalue weighted by atomic mass is 19.1. The Balaban J connectivity index is 1.77. The van der Waals surface area contributed by atoms with Crippen LogP contribution in [-0.4, -0.2) is 28.1 Å². The van der Waals surface area contributed by atoms with Crippen LogP contribution in [0.3, 0.4) is 0 Å². The first-order valence-corrected chi connectivity index (χ1v) is 7.69. The minimum atomic E-state index is -1.04. The van der Waals surface area contributed by atoms with Crippen molar-refractivity contribution in [1.82, 2.24) is 10.2 Å². The van der Waals surface area contributed by atoms with Crippen LogP contribution in [0.1, 0.15) is 24.5 Å². The van der Waals surface area contributed by atoms with E-state index >= 15 is 0 Å². The first-order valence-electron chi connectivity index (χ1n) is 7.69. The Hall–Kier alpha value is -2.76. The highest BCUT2D eigenvalue weighted by Crippen LogP contribution is 2.28.